The predicted molar refractivity (Wildman–Crippen MR) is 99.1 cm³/mol. The third kappa shape index (κ3) is 4.54. The molecule has 3 aromatic rings. The summed E-state index contributed by atoms with van der Waals surface area (Å²) >= 11 is 0. The van der Waals surface area contributed by atoms with Crippen molar-refractivity contribution in [2.75, 3.05) is 12.4 Å². The number of benzene rings is 2. The molecule has 0 saturated carbocycles. The van der Waals surface area contributed by atoms with Crippen LogP contribution in [0.1, 0.15) is 5.56 Å². The highest BCUT2D eigenvalue weighted by Gasteiger charge is 2.08. The molecule has 1 heterocycles. The third-order valence-corrected chi connectivity index (χ3v) is 3.59. The Labute approximate surface area is 153 Å². The van der Waals surface area contributed by atoms with Gasteiger partial charge >= 0.3 is 0 Å². The van der Waals surface area contributed by atoms with Gasteiger partial charge in [0, 0.05) is 23.8 Å². The van der Waals surface area contributed by atoms with Crippen LogP contribution in [-0.4, -0.2) is 33.1 Å². The van der Waals surface area contributed by atoms with Gasteiger partial charge in [0.05, 0.1) is 12.0 Å². The molecule has 0 bridgehead atoms. The summed E-state index contributed by atoms with van der Waals surface area (Å²) in [6, 6.07) is 13.2. The number of ether oxygens (including phenoxy) is 1. The maximum Gasteiger partial charge on any atom is 0.270 e. The molecule has 0 saturated heterocycles. The van der Waals surface area contributed by atoms with Crippen LogP contribution >= 0.6 is 0 Å². The van der Waals surface area contributed by atoms with Crippen molar-refractivity contribution < 1.29 is 14.5 Å². The smallest absolute Gasteiger partial charge is 0.270 e. The van der Waals surface area contributed by atoms with Crippen molar-refractivity contribution in [3.63, 3.8) is 0 Å². The number of rotatable bonds is 6. The molecular weight excluding hydrogens is 350 g/mol. The average molecular weight is 365 g/mol. The highest BCUT2D eigenvalue weighted by atomic mass is 16.6. The van der Waals surface area contributed by atoms with Crippen LogP contribution < -0.4 is 10.1 Å². The number of hydrogen-bond acceptors (Lipinski definition) is 6. The van der Waals surface area contributed by atoms with Crippen LogP contribution in [0.25, 0.3) is 17.5 Å². The Balaban J connectivity index is 1.65. The van der Waals surface area contributed by atoms with E-state index < -0.39 is 10.8 Å². The second-order valence-electron chi connectivity index (χ2n) is 5.41. The number of methoxy groups -OCH3 is 1. The Morgan fingerprint density at radius 1 is 1.26 bits per heavy atom. The molecule has 0 atom stereocenters. The number of aromatic amines is 1. The Morgan fingerprint density at radius 2 is 2.04 bits per heavy atom. The molecule has 0 aliphatic heterocycles. The zero-order valence-electron chi connectivity index (χ0n) is 14.2. The molecule has 1 aromatic heterocycles. The second kappa shape index (κ2) is 7.91. The van der Waals surface area contributed by atoms with Crippen LogP contribution in [0, 0.1) is 10.1 Å². The standard InChI is InChI=1S/C18H15N5O4/c1-27-15-8-6-13(7-9-15)17-20-18(22-21-17)19-16(24)10-5-12-3-2-4-14(11-12)23(25)26/h2-11H,1H3,(H2,19,20,21,22,24)/b10-5+. The van der Waals surface area contributed by atoms with E-state index in [2.05, 4.69) is 20.5 Å². The van der Waals surface area contributed by atoms with E-state index in [0.717, 1.165) is 11.3 Å². The van der Waals surface area contributed by atoms with E-state index in [0.29, 0.717) is 11.4 Å². The highest BCUT2D eigenvalue weighted by Crippen LogP contribution is 2.20. The molecule has 0 unspecified atom stereocenters. The van der Waals surface area contributed by atoms with E-state index in [9.17, 15) is 14.9 Å². The van der Waals surface area contributed by atoms with Crippen molar-refractivity contribution in [3.8, 4) is 17.1 Å². The molecule has 0 aliphatic rings. The predicted octanol–water partition coefficient (Wildman–Crippen LogP) is 3.04. The van der Waals surface area contributed by atoms with Crippen LogP contribution in [-0.2, 0) is 4.79 Å². The first-order chi connectivity index (χ1) is 13.0. The van der Waals surface area contributed by atoms with Gasteiger partial charge in [-0.1, -0.05) is 12.1 Å². The number of nitrogens with one attached hydrogen (secondary N) is 2. The van der Waals surface area contributed by atoms with Crippen LogP contribution in [0.5, 0.6) is 5.75 Å². The summed E-state index contributed by atoms with van der Waals surface area (Å²) in [5.41, 5.74) is 1.28. The first-order valence-electron chi connectivity index (χ1n) is 7.85. The van der Waals surface area contributed by atoms with E-state index in [1.807, 2.05) is 12.1 Å². The van der Waals surface area contributed by atoms with Gasteiger partial charge in [-0.25, -0.2) is 0 Å². The second-order valence-corrected chi connectivity index (χ2v) is 5.41. The van der Waals surface area contributed by atoms with Gasteiger partial charge in [0.2, 0.25) is 5.95 Å². The monoisotopic (exact) mass is 365 g/mol. The summed E-state index contributed by atoms with van der Waals surface area (Å²) in [7, 11) is 1.58. The fourth-order valence-corrected chi connectivity index (χ4v) is 2.26. The molecule has 2 N–H and O–H groups in total. The minimum atomic E-state index is -0.494. The van der Waals surface area contributed by atoms with E-state index in [1.165, 1.54) is 24.3 Å². The lowest BCUT2D eigenvalue weighted by Gasteiger charge is -1.99. The van der Waals surface area contributed by atoms with Gasteiger partial charge in [-0.05, 0) is 35.9 Å². The van der Waals surface area contributed by atoms with Crippen LogP contribution in [0.3, 0.4) is 0 Å². The van der Waals surface area contributed by atoms with Crippen LogP contribution in [0.2, 0.25) is 0 Å². The zero-order chi connectivity index (χ0) is 19.2. The number of H-pyrrole nitrogens is 1. The van der Waals surface area contributed by atoms with E-state index in [4.69, 9.17) is 4.74 Å². The minimum Gasteiger partial charge on any atom is -0.497 e. The molecule has 1 amide bonds. The fraction of sp³-hybridized carbons (Fsp3) is 0.0556. The average Bonchev–Trinajstić information content (AvgIpc) is 3.15. The van der Waals surface area contributed by atoms with Gasteiger partial charge in [-0.2, -0.15) is 4.98 Å². The molecule has 0 radical (unpaired) electrons. The van der Waals surface area contributed by atoms with Crippen LogP contribution in [0.4, 0.5) is 11.6 Å². The number of carbonyl (C=O) groups is 1. The lowest BCUT2D eigenvalue weighted by molar-refractivity contribution is -0.384. The summed E-state index contributed by atoms with van der Waals surface area (Å²) in [5.74, 6) is 0.880. The molecule has 0 spiro atoms. The molecule has 9 nitrogen and oxygen atoms in total. The molecule has 2 aromatic carbocycles. The maximum absolute atomic E-state index is 12.0. The maximum atomic E-state index is 12.0. The number of hydrogen-bond donors (Lipinski definition) is 2. The zero-order valence-corrected chi connectivity index (χ0v) is 14.2. The number of anilines is 1. The molecule has 136 valence electrons. The van der Waals surface area contributed by atoms with E-state index in [-0.39, 0.29) is 11.6 Å². The van der Waals surface area contributed by atoms with Crippen molar-refractivity contribution in [3.05, 3.63) is 70.3 Å². The quantitative estimate of drug-likeness (QED) is 0.393. The van der Waals surface area contributed by atoms with Gasteiger partial charge in [0.1, 0.15) is 5.75 Å². The minimum absolute atomic E-state index is 0.0457. The summed E-state index contributed by atoms with van der Waals surface area (Å²) < 4.78 is 5.10. The van der Waals surface area contributed by atoms with Gasteiger partial charge in [-0.3, -0.25) is 25.3 Å². The molecule has 3 rings (SSSR count). The van der Waals surface area contributed by atoms with Crippen molar-refractivity contribution in [2.24, 2.45) is 0 Å². The van der Waals surface area contributed by atoms with Crippen molar-refractivity contribution >= 4 is 23.6 Å². The normalized spacial score (nSPS) is 10.7. The Kier molecular flexibility index (Phi) is 5.22. The number of carbonyl (C=O) groups excluding carboxylic acids is 1. The Hall–Kier alpha value is -4.01. The number of nitro groups is 1. The largest absolute Gasteiger partial charge is 0.497 e. The van der Waals surface area contributed by atoms with Gasteiger partial charge in [0.25, 0.3) is 11.6 Å². The summed E-state index contributed by atoms with van der Waals surface area (Å²) in [5, 5.41) is 20.0. The molecular formula is C18H15N5O4. The molecule has 9 heteroatoms. The van der Waals surface area contributed by atoms with Gasteiger partial charge < -0.3 is 4.74 Å². The number of nitro benzene ring substituents is 1. The number of non-ortho nitro benzene ring substituents is 1. The third-order valence-electron chi connectivity index (χ3n) is 3.59. The summed E-state index contributed by atoms with van der Waals surface area (Å²) in [6.45, 7) is 0. The fourth-order valence-electron chi connectivity index (χ4n) is 2.26. The number of nitrogens with zero attached hydrogens (tertiary/aromatic N) is 3. The van der Waals surface area contributed by atoms with E-state index >= 15 is 0 Å². The first kappa shape index (κ1) is 17.8. The topological polar surface area (TPSA) is 123 Å². The number of amides is 1. The first-order valence-corrected chi connectivity index (χ1v) is 7.85. The molecule has 0 aliphatic carbocycles. The van der Waals surface area contributed by atoms with Gasteiger partial charge in [-0.15, -0.1) is 5.10 Å². The van der Waals surface area contributed by atoms with Gasteiger partial charge in [0.15, 0.2) is 5.82 Å². The van der Waals surface area contributed by atoms with Crippen molar-refractivity contribution in [1.82, 2.24) is 15.2 Å². The Morgan fingerprint density at radius 3 is 2.74 bits per heavy atom. The van der Waals surface area contributed by atoms with E-state index in [1.54, 1.807) is 31.4 Å². The lowest BCUT2D eigenvalue weighted by Crippen LogP contribution is -2.09. The molecule has 27 heavy (non-hydrogen) atoms. The highest BCUT2D eigenvalue weighted by molar-refractivity contribution is 6.01. The SMILES string of the molecule is COc1ccc(-c2nc(NC(=O)/C=C/c3cccc([N+](=O)[O-])c3)n[nH]2)cc1. The van der Waals surface area contributed by atoms with Crippen molar-refractivity contribution in [2.45, 2.75) is 0 Å². The summed E-state index contributed by atoms with van der Waals surface area (Å²) in [4.78, 5) is 26.5. The lowest BCUT2D eigenvalue weighted by atomic mass is 10.2. The Bertz CT molecular complexity index is 995. The van der Waals surface area contributed by atoms with Crippen molar-refractivity contribution in [1.29, 1.82) is 0 Å². The summed E-state index contributed by atoms with van der Waals surface area (Å²) in [6.07, 6.45) is 2.72. The van der Waals surface area contributed by atoms with Crippen LogP contribution in [0.15, 0.2) is 54.6 Å². The number of aromatic nitrogens is 3. The molecule has 0 fully saturated rings.